The van der Waals surface area contributed by atoms with Crippen LogP contribution in [0.5, 0.6) is 0 Å². The van der Waals surface area contributed by atoms with Crippen LogP contribution in [-0.4, -0.2) is 39.2 Å². The zero-order valence-corrected chi connectivity index (χ0v) is 14.3. The van der Waals surface area contributed by atoms with Crippen LogP contribution in [0.25, 0.3) is 0 Å². The molecule has 120 valence electrons. The van der Waals surface area contributed by atoms with E-state index in [2.05, 4.69) is 11.9 Å². The Bertz CT molecular complexity index is 656. The second kappa shape index (κ2) is 6.07. The number of hydrogen-bond donors (Lipinski definition) is 0. The van der Waals surface area contributed by atoms with Gasteiger partial charge >= 0.3 is 0 Å². The molecule has 1 fully saturated rings. The molecular weight excluding hydrogens is 298 g/mol. The number of nitrogens with zero attached hydrogens (tertiary/aromatic N) is 3. The van der Waals surface area contributed by atoms with Crippen molar-refractivity contribution < 1.29 is 4.79 Å². The van der Waals surface area contributed by atoms with Crippen LogP contribution in [0.3, 0.4) is 0 Å². The Kier molecular flexibility index (Phi) is 4.30. The highest BCUT2D eigenvalue weighted by atomic mass is 32.2. The van der Waals surface area contributed by atoms with E-state index in [0.29, 0.717) is 17.9 Å². The molecule has 2 unspecified atom stereocenters. The van der Waals surface area contributed by atoms with Crippen LogP contribution < -0.4 is 5.56 Å². The van der Waals surface area contributed by atoms with E-state index in [0.717, 1.165) is 36.1 Å². The lowest BCUT2D eigenvalue weighted by Gasteiger charge is -2.31. The van der Waals surface area contributed by atoms with Crippen molar-refractivity contribution >= 4 is 17.7 Å². The van der Waals surface area contributed by atoms with Crippen LogP contribution in [0.15, 0.2) is 9.95 Å². The van der Waals surface area contributed by atoms with Gasteiger partial charge in [-0.15, -0.1) is 0 Å². The summed E-state index contributed by atoms with van der Waals surface area (Å²) in [6.45, 7) is 7.58. The Balaban J connectivity index is 1.78. The fraction of sp³-hybridized carbons (Fsp3) is 0.688. The summed E-state index contributed by atoms with van der Waals surface area (Å²) in [6, 6.07) is -0.0518. The van der Waals surface area contributed by atoms with E-state index < -0.39 is 0 Å². The third-order valence-corrected chi connectivity index (χ3v) is 5.84. The molecule has 1 aromatic heterocycles. The van der Waals surface area contributed by atoms with E-state index in [9.17, 15) is 9.59 Å². The number of piperidine rings is 1. The number of carbonyl (C=O) groups excluding carboxylic acids is 1. The molecular formula is C16H23N3O2S. The highest BCUT2D eigenvalue weighted by molar-refractivity contribution is 7.99. The summed E-state index contributed by atoms with van der Waals surface area (Å²) < 4.78 is 1.73. The fourth-order valence-electron chi connectivity index (χ4n) is 3.27. The molecule has 22 heavy (non-hydrogen) atoms. The fourth-order valence-corrected chi connectivity index (χ4v) is 4.45. The first kappa shape index (κ1) is 15.6. The number of thioether (sulfide) groups is 1. The van der Waals surface area contributed by atoms with Gasteiger partial charge in [-0.1, -0.05) is 18.7 Å². The van der Waals surface area contributed by atoms with Crippen LogP contribution in [0.1, 0.15) is 43.5 Å². The second-order valence-corrected chi connectivity index (χ2v) is 7.52. The zero-order chi connectivity index (χ0) is 15.9. The van der Waals surface area contributed by atoms with Crippen molar-refractivity contribution in [2.45, 2.75) is 51.2 Å². The number of carbonyl (C=O) groups is 1. The van der Waals surface area contributed by atoms with Crippen LogP contribution in [-0.2, 0) is 4.79 Å². The van der Waals surface area contributed by atoms with Gasteiger partial charge in [0.15, 0.2) is 5.16 Å². The van der Waals surface area contributed by atoms with Crippen molar-refractivity contribution in [3.63, 3.8) is 0 Å². The number of hydrogen-bond acceptors (Lipinski definition) is 4. The summed E-state index contributed by atoms with van der Waals surface area (Å²) in [5.74, 6) is 1.52. The lowest BCUT2D eigenvalue weighted by Crippen LogP contribution is -2.40. The summed E-state index contributed by atoms with van der Waals surface area (Å²) in [4.78, 5) is 31.5. The molecule has 3 heterocycles. The van der Waals surface area contributed by atoms with Gasteiger partial charge in [0.2, 0.25) is 5.91 Å². The van der Waals surface area contributed by atoms with E-state index >= 15 is 0 Å². The number of likely N-dealkylation sites (tertiary alicyclic amines) is 1. The van der Waals surface area contributed by atoms with Gasteiger partial charge in [-0.25, -0.2) is 4.98 Å². The van der Waals surface area contributed by atoms with Gasteiger partial charge in [0, 0.05) is 36.5 Å². The van der Waals surface area contributed by atoms with Crippen LogP contribution in [0, 0.1) is 19.8 Å². The molecule has 5 nitrogen and oxygen atoms in total. The molecule has 2 atom stereocenters. The molecule has 2 aliphatic heterocycles. The molecule has 0 saturated carbocycles. The normalized spacial score (nSPS) is 24.4. The lowest BCUT2D eigenvalue weighted by atomic mass is 9.99. The number of rotatable bonds is 2. The molecule has 1 amide bonds. The van der Waals surface area contributed by atoms with E-state index in [1.807, 2.05) is 18.7 Å². The van der Waals surface area contributed by atoms with Gasteiger partial charge in [0.05, 0.1) is 6.04 Å². The minimum Gasteiger partial charge on any atom is -0.342 e. The molecule has 3 rings (SSSR count). The predicted molar refractivity (Wildman–Crippen MR) is 87.3 cm³/mol. The largest absolute Gasteiger partial charge is 0.342 e. The van der Waals surface area contributed by atoms with Crippen LogP contribution in [0.4, 0.5) is 0 Å². The van der Waals surface area contributed by atoms with Gasteiger partial charge in [0.1, 0.15) is 0 Å². The molecule has 0 radical (unpaired) electrons. The van der Waals surface area contributed by atoms with E-state index in [-0.39, 0.29) is 17.5 Å². The lowest BCUT2D eigenvalue weighted by molar-refractivity contribution is -0.133. The van der Waals surface area contributed by atoms with Crippen LogP contribution in [0.2, 0.25) is 0 Å². The highest BCUT2D eigenvalue weighted by Crippen LogP contribution is 2.33. The smallest absolute Gasteiger partial charge is 0.257 e. The minimum absolute atomic E-state index is 0.0114. The van der Waals surface area contributed by atoms with Crippen molar-refractivity contribution in [2.75, 3.05) is 18.8 Å². The van der Waals surface area contributed by atoms with Gasteiger partial charge in [0.25, 0.3) is 5.56 Å². The summed E-state index contributed by atoms with van der Waals surface area (Å²) in [6.07, 6.45) is 2.70. The summed E-state index contributed by atoms with van der Waals surface area (Å²) in [7, 11) is 0. The second-order valence-electron chi connectivity index (χ2n) is 6.54. The molecule has 2 aliphatic rings. The number of aromatic nitrogens is 2. The number of amides is 1. The molecule has 0 aromatic carbocycles. The SMILES string of the molecule is Cc1nc2n(c(=O)c1C)C(CC(=O)N1CCCC(C)C1)CS2. The molecule has 1 aromatic rings. The van der Waals surface area contributed by atoms with Crippen molar-refractivity contribution in [3.8, 4) is 0 Å². The summed E-state index contributed by atoms with van der Waals surface area (Å²) >= 11 is 1.58. The highest BCUT2D eigenvalue weighted by Gasteiger charge is 2.30. The standard InChI is InChI=1S/C16H23N3O2S/c1-10-5-4-6-18(8-10)14(20)7-13-9-22-16-17-12(3)11(2)15(21)19(13)16/h10,13H,4-9H2,1-3H3. The Morgan fingerprint density at radius 1 is 1.41 bits per heavy atom. The monoisotopic (exact) mass is 321 g/mol. The van der Waals surface area contributed by atoms with Gasteiger partial charge in [-0.3, -0.25) is 14.2 Å². The average Bonchev–Trinajstić information content (AvgIpc) is 2.87. The van der Waals surface area contributed by atoms with Gasteiger partial charge < -0.3 is 4.90 Å². The molecule has 0 bridgehead atoms. The Morgan fingerprint density at radius 2 is 2.18 bits per heavy atom. The maximum atomic E-state index is 12.6. The van der Waals surface area contributed by atoms with E-state index in [4.69, 9.17) is 0 Å². The van der Waals surface area contributed by atoms with Crippen molar-refractivity contribution in [1.82, 2.24) is 14.5 Å². The maximum Gasteiger partial charge on any atom is 0.257 e. The van der Waals surface area contributed by atoms with Gasteiger partial charge in [-0.05, 0) is 32.6 Å². The topological polar surface area (TPSA) is 55.2 Å². The van der Waals surface area contributed by atoms with Crippen LogP contribution >= 0.6 is 11.8 Å². The van der Waals surface area contributed by atoms with Crippen molar-refractivity contribution in [3.05, 3.63) is 21.6 Å². The summed E-state index contributed by atoms with van der Waals surface area (Å²) in [5, 5.41) is 0.762. The first-order chi connectivity index (χ1) is 10.5. The van der Waals surface area contributed by atoms with E-state index in [1.165, 1.54) is 6.42 Å². The minimum atomic E-state index is -0.0518. The molecule has 6 heteroatoms. The Hall–Kier alpha value is -1.30. The average molecular weight is 321 g/mol. The molecule has 1 saturated heterocycles. The summed E-state index contributed by atoms with van der Waals surface area (Å²) in [5.41, 5.74) is 1.49. The quantitative estimate of drug-likeness (QED) is 0.783. The zero-order valence-electron chi connectivity index (χ0n) is 13.5. The Morgan fingerprint density at radius 3 is 2.91 bits per heavy atom. The predicted octanol–water partition coefficient (Wildman–Crippen LogP) is 2.16. The number of fused-ring (bicyclic) bond motifs is 1. The molecule has 0 N–H and O–H groups in total. The third kappa shape index (κ3) is 2.81. The third-order valence-electron chi connectivity index (χ3n) is 4.74. The first-order valence-electron chi connectivity index (χ1n) is 7.97. The maximum absolute atomic E-state index is 12.6. The van der Waals surface area contributed by atoms with Gasteiger partial charge in [-0.2, -0.15) is 0 Å². The van der Waals surface area contributed by atoms with Crippen molar-refractivity contribution in [1.29, 1.82) is 0 Å². The molecule has 0 spiro atoms. The molecule has 0 aliphatic carbocycles. The Labute approximate surface area is 135 Å². The number of aryl methyl sites for hydroxylation is 1. The van der Waals surface area contributed by atoms with Crippen molar-refractivity contribution in [2.24, 2.45) is 5.92 Å². The first-order valence-corrected chi connectivity index (χ1v) is 8.96. The van der Waals surface area contributed by atoms with E-state index in [1.54, 1.807) is 16.3 Å².